The van der Waals surface area contributed by atoms with Gasteiger partial charge in [-0.05, 0) is 36.1 Å². The number of nitrogens with zero attached hydrogens (tertiary/aromatic N) is 1. The Kier molecular flexibility index (Phi) is 1.99. The van der Waals surface area contributed by atoms with Gasteiger partial charge < -0.3 is 4.90 Å². The first-order valence-electron chi connectivity index (χ1n) is 5.74. The van der Waals surface area contributed by atoms with Crippen LogP contribution >= 0.6 is 0 Å². The lowest BCUT2D eigenvalue weighted by Crippen LogP contribution is -2.34. The highest BCUT2D eigenvalue weighted by Gasteiger charge is 2.57. The standard InChI is InChI=1S/C12H23N/c1-5-13-8-11(3)7-6-10(2)12(11,4)9-13/h10H,5-9H2,1-4H3/t10?,11-,12-/m1/s1. The molecule has 1 aliphatic heterocycles. The molecule has 76 valence electrons. The van der Waals surface area contributed by atoms with Crippen molar-refractivity contribution in [3.8, 4) is 0 Å². The van der Waals surface area contributed by atoms with Gasteiger partial charge in [-0.25, -0.2) is 0 Å². The molecule has 1 heterocycles. The van der Waals surface area contributed by atoms with Crippen LogP contribution in [0.15, 0.2) is 0 Å². The fourth-order valence-electron chi connectivity index (χ4n) is 3.58. The maximum Gasteiger partial charge on any atom is 0.00437 e. The third-order valence-electron chi connectivity index (χ3n) is 5.17. The zero-order chi connectivity index (χ0) is 9.69. The highest BCUT2D eigenvalue weighted by molar-refractivity contribution is 5.08. The van der Waals surface area contributed by atoms with Crippen molar-refractivity contribution in [3.63, 3.8) is 0 Å². The van der Waals surface area contributed by atoms with E-state index in [4.69, 9.17) is 0 Å². The fraction of sp³-hybridized carbons (Fsp3) is 1.00. The molecule has 2 fully saturated rings. The average molecular weight is 181 g/mol. The molecule has 2 aliphatic rings. The molecule has 2 rings (SSSR count). The Morgan fingerprint density at radius 3 is 2.54 bits per heavy atom. The molecule has 1 saturated carbocycles. The molecule has 0 bridgehead atoms. The first-order valence-corrected chi connectivity index (χ1v) is 5.74. The summed E-state index contributed by atoms with van der Waals surface area (Å²) >= 11 is 0. The van der Waals surface area contributed by atoms with Crippen molar-refractivity contribution in [2.45, 2.75) is 40.5 Å². The summed E-state index contributed by atoms with van der Waals surface area (Å²) in [6.45, 7) is 13.7. The van der Waals surface area contributed by atoms with Crippen LogP contribution in [0.4, 0.5) is 0 Å². The Hall–Kier alpha value is -0.0400. The summed E-state index contributed by atoms with van der Waals surface area (Å²) in [5, 5.41) is 0. The van der Waals surface area contributed by atoms with E-state index in [0.29, 0.717) is 10.8 Å². The maximum absolute atomic E-state index is 2.63. The van der Waals surface area contributed by atoms with Crippen molar-refractivity contribution in [3.05, 3.63) is 0 Å². The molecule has 0 aromatic heterocycles. The van der Waals surface area contributed by atoms with Crippen LogP contribution in [-0.2, 0) is 0 Å². The zero-order valence-corrected chi connectivity index (χ0v) is 9.56. The van der Waals surface area contributed by atoms with Gasteiger partial charge in [-0.2, -0.15) is 0 Å². The van der Waals surface area contributed by atoms with Crippen LogP contribution in [0.2, 0.25) is 0 Å². The molecule has 0 radical (unpaired) electrons. The molecule has 3 atom stereocenters. The Morgan fingerprint density at radius 2 is 2.00 bits per heavy atom. The van der Waals surface area contributed by atoms with E-state index >= 15 is 0 Å². The second-order valence-corrected chi connectivity index (χ2v) is 5.72. The number of likely N-dealkylation sites (tertiary alicyclic amines) is 1. The lowest BCUT2D eigenvalue weighted by molar-refractivity contribution is 0.139. The molecule has 0 spiro atoms. The summed E-state index contributed by atoms with van der Waals surface area (Å²) in [6, 6.07) is 0. The van der Waals surface area contributed by atoms with Crippen LogP contribution in [0.5, 0.6) is 0 Å². The monoisotopic (exact) mass is 181 g/mol. The number of hydrogen-bond donors (Lipinski definition) is 0. The predicted molar refractivity (Wildman–Crippen MR) is 56.7 cm³/mol. The van der Waals surface area contributed by atoms with Crippen LogP contribution in [0.1, 0.15) is 40.5 Å². The molecule has 0 amide bonds. The fourth-order valence-corrected chi connectivity index (χ4v) is 3.58. The molecule has 1 unspecified atom stereocenters. The van der Waals surface area contributed by atoms with E-state index in [0.717, 1.165) is 5.92 Å². The van der Waals surface area contributed by atoms with Gasteiger partial charge in [-0.3, -0.25) is 0 Å². The van der Waals surface area contributed by atoms with Gasteiger partial charge in [0, 0.05) is 13.1 Å². The second kappa shape index (κ2) is 2.73. The molecule has 13 heavy (non-hydrogen) atoms. The van der Waals surface area contributed by atoms with Crippen molar-refractivity contribution in [1.29, 1.82) is 0 Å². The van der Waals surface area contributed by atoms with E-state index in [9.17, 15) is 0 Å². The lowest BCUT2D eigenvalue weighted by Gasteiger charge is -2.36. The van der Waals surface area contributed by atoms with Crippen molar-refractivity contribution >= 4 is 0 Å². The Morgan fingerprint density at radius 1 is 1.31 bits per heavy atom. The SMILES string of the molecule is CCN1C[C@@]2(C)CCC(C)[C@@]2(C)C1. The summed E-state index contributed by atoms with van der Waals surface area (Å²) in [5.41, 5.74) is 1.21. The first kappa shape index (κ1) is 9.51. The first-order chi connectivity index (χ1) is 6.02. The van der Waals surface area contributed by atoms with E-state index in [2.05, 4.69) is 32.6 Å². The van der Waals surface area contributed by atoms with E-state index in [-0.39, 0.29) is 0 Å². The molecular formula is C12H23N. The molecule has 1 heteroatoms. The minimum absolute atomic E-state index is 0.600. The van der Waals surface area contributed by atoms with E-state index in [1.165, 1.54) is 32.5 Å². The van der Waals surface area contributed by atoms with Gasteiger partial charge in [0.05, 0.1) is 0 Å². The minimum atomic E-state index is 0.600. The van der Waals surface area contributed by atoms with Crippen molar-refractivity contribution < 1.29 is 0 Å². The zero-order valence-electron chi connectivity index (χ0n) is 9.56. The Labute approximate surface area is 82.5 Å². The van der Waals surface area contributed by atoms with Gasteiger partial charge in [-0.15, -0.1) is 0 Å². The van der Waals surface area contributed by atoms with Crippen molar-refractivity contribution in [2.24, 2.45) is 16.7 Å². The quantitative estimate of drug-likeness (QED) is 0.601. The van der Waals surface area contributed by atoms with Gasteiger partial charge in [0.15, 0.2) is 0 Å². The van der Waals surface area contributed by atoms with Crippen LogP contribution in [0, 0.1) is 16.7 Å². The Balaban J connectivity index is 2.25. The van der Waals surface area contributed by atoms with Crippen LogP contribution in [0.25, 0.3) is 0 Å². The largest absolute Gasteiger partial charge is 0.302 e. The average Bonchev–Trinajstić information content (AvgIpc) is 2.46. The number of fused-ring (bicyclic) bond motifs is 1. The van der Waals surface area contributed by atoms with Crippen LogP contribution < -0.4 is 0 Å². The summed E-state index contributed by atoms with van der Waals surface area (Å²) in [7, 11) is 0. The van der Waals surface area contributed by atoms with Gasteiger partial charge >= 0.3 is 0 Å². The topological polar surface area (TPSA) is 3.24 Å². The summed E-state index contributed by atoms with van der Waals surface area (Å²) < 4.78 is 0. The smallest absolute Gasteiger partial charge is 0.00437 e. The molecule has 1 aliphatic carbocycles. The molecule has 0 aromatic carbocycles. The predicted octanol–water partition coefficient (Wildman–Crippen LogP) is 2.76. The van der Waals surface area contributed by atoms with Gasteiger partial charge in [0.2, 0.25) is 0 Å². The van der Waals surface area contributed by atoms with E-state index in [1.807, 2.05) is 0 Å². The maximum atomic E-state index is 2.63. The summed E-state index contributed by atoms with van der Waals surface area (Å²) in [4.78, 5) is 2.63. The summed E-state index contributed by atoms with van der Waals surface area (Å²) in [6.07, 6.45) is 2.89. The Bertz CT molecular complexity index is 213. The molecule has 0 aromatic rings. The number of hydrogen-bond acceptors (Lipinski definition) is 1. The third-order valence-corrected chi connectivity index (χ3v) is 5.17. The second-order valence-electron chi connectivity index (χ2n) is 5.72. The van der Waals surface area contributed by atoms with Crippen molar-refractivity contribution in [2.75, 3.05) is 19.6 Å². The van der Waals surface area contributed by atoms with Crippen LogP contribution in [0.3, 0.4) is 0 Å². The van der Waals surface area contributed by atoms with Crippen LogP contribution in [-0.4, -0.2) is 24.5 Å². The number of rotatable bonds is 1. The van der Waals surface area contributed by atoms with E-state index < -0.39 is 0 Å². The lowest BCUT2D eigenvalue weighted by atomic mass is 9.67. The molecule has 0 N–H and O–H groups in total. The van der Waals surface area contributed by atoms with Gasteiger partial charge in [0.1, 0.15) is 0 Å². The molecule has 1 nitrogen and oxygen atoms in total. The molecule has 1 saturated heterocycles. The van der Waals surface area contributed by atoms with Gasteiger partial charge in [0.25, 0.3) is 0 Å². The minimum Gasteiger partial charge on any atom is -0.302 e. The normalized spacial score (nSPS) is 51.2. The third kappa shape index (κ3) is 1.09. The summed E-state index contributed by atoms with van der Waals surface area (Å²) in [5.74, 6) is 0.925. The highest BCUT2D eigenvalue weighted by Crippen LogP contribution is 2.59. The van der Waals surface area contributed by atoms with Crippen molar-refractivity contribution in [1.82, 2.24) is 4.90 Å². The van der Waals surface area contributed by atoms with E-state index in [1.54, 1.807) is 0 Å². The highest BCUT2D eigenvalue weighted by atomic mass is 15.2. The van der Waals surface area contributed by atoms with Gasteiger partial charge in [-0.1, -0.05) is 27.7 Å². The molecular weight excluding hydrogens is 158 g/mol.